The molecule has 6 aromatic rings. The number of aromatic nitrogens is 2. The normalized spacial score (nSPS) is 10.7. The van der Waals surface area contributed by atoms with Crippen molar-refractivity contribution in [1.29, 1.82) is 43.3 Å². The summed E-state index contributed by atoms with van der Waals surface area (Å²) in [4.78, 5) is 10.3. The fourth-order valence-corrected chi connectivity index (χ4v) is 10.5. The molecule has 2 aromatic heterocycles. The van der Waals surface area contributed by atoms with Crippen LogP contribution in [0.1, 0.15) is 62.8 Å². The lowest BCUT2D eigenvalue weighted by Crippen LogP contribution is -2.33. The van der Waals surface area contributed by atoms with E-state index in [9.17, 15) is 0 Å². The summed E-state index contributed by atoms with van der Waals surface area (Å²) in [6.45, 7) is 1.98. The number of benzene rings is 4. The first-order valence-corrected chi connectivity index (χ1v) is 31.2. The smallest absolute Gasteiger partial charge is 0.185 e. The molecule has 0 atom stereocenters. The average molecular weight is 1310 g/mol. The molecule has 92 heavy (non-hydrogen) atoms. The second-order valence-electron chi connectivity index (χ2n) is 20.4. The van der Waals surface area contributed by atoms with Crippen molar-refractivity contribution in [2.75, 3.05) is 79.0 Å². The maximum atomic E-state index is 7.84. The van der Waals surface area contributed by atoms with Crippen molar-refractivity contribution >= 4 is 69.9 Å². The lowest BCUT2D eigenvalue weighted by molar-refractivity contribution is 0.266. The molecule has 28 N–H and O–H groups in total. The topological polar surface area (TPSA) is 547 Å². The molecule has 2 heterocycles. The summed E-state index contributed by atoms with van der Waals surface area (Å²) in [5, 5.41) is 78.4. The molecule has 0 bridgehead atoms. The Hall–Kier alpha value is -10.5. The molecule has 6 rings (SSSR count). The van der Waals surface area contributed by atoms with Crippen LogP contribution in [0, 0.1) is 43.3 Å². The summed E-state index contributed by atoms with van der Waals surface area (Å²) in [5.41, 5.74) is 50.5. The number of nitrogens with two attached hydrogens (primary N) is 8. The molecular weight excluding hydrogens is 1220 g/mol. The third-order valence-corrected chi connectivity index (χ3v) is 14.8. The van der Waals surface area contributed by atoms with Crippen LogP contribution in [0.15, 0.2) is 71.4 Å². The molecular formula is C60H84N22O8S2. The van der Waals surface area contributed by atoms with Crippen LogP contribution in [0.5, 0.6) is 46.0 Å². The molecule has 0 aliphatic carbocycles. The molecule has 0 saturated heterocycles. The van der Waals surface area contributed by atoms with Gasteiger partial charge in [-0.15, -0.1) is 22.7 Å². The number of guanidine groups is 4. The van der Waals surface area contributed by atoms with Gasteiger partial charge in [-0.2, -0.15) is 0 Å². The number of hydrogen-bond donors (Lipinski definition) is 20. The SMILES string of the molecule is N=C(N)CCCOc1cc(-c2nc(CCc3csc(-c4cc(OCCCC(=N)N)c(OCCNC(=N)N)c(-c5cccc(OCCNC(=N)N)c5OCCCC(=N)N)c4)n3)cs2)cc(-c2cccc(OCCNC(=N)N)c2OCCCC(=N)N)c1OCCNC(=N)N. The highest BCUT2D eigenvalue weighted by molar-refractivity contribution is 7.13. The highest BCUT2D eigenvalue weighted by atomic mass is 32.1. The highest BCUT2D eigenvalue weighted by Gasteiger charge is 2.26. The predicted octanol–water partition coefficient (Wildman–Crippen LogP) is 4.88. The number of thiazole rings is 2. The third-order valence-electron chi connectivity index (χ3n) is 12.9. The molecule has 0 fully saturated rings. The van der Waals surface area contributed by atoms with E-state index in [0.717, 1.165) is 11.4 Å². The summed E-state index contributed by atoms with van der Waals surface area (Å²) < 4.78 is 51.4. The number of ether oxygens (including phenoxy) is 8. The van der Waals surface area contributed by atoms with Gasteiger partial charge in [0.25, 0.3) is 0 Å². The molecule has 0 amide bonds. The van der Waals surface area contributed by atoms with Crippen LogP contribution in [0.2, 0.25) is 0 Å². The molecule has 0 saturated carbocycles. The minimum absolute atomic E-state index is 0.0183. The highest BCUT2D eigenvalue weighted by Crippen LogP contribution is 2.50. The number of amidine groups is 4. The van der Waals surface area contributed by atoms with Crippen LogP contribution in [0.4, 0.5) is 0 Å². The van der Waals surface area contributed by atoms with E-state index in [4.69, 9.17) is 137 Å². The van der Waals surface area contributed by atoms with E-state index < -0.39 is 0 Å². The van der Waals surface area contributed by atoms with Gasteiger partial charge in [0.05, 0.1) is 87.3 Å². The van der Waals surface area contributed by atoms with Crippen LogP contribution in [-0.2, 0) is 12.8 Å². The van der Waals surface area contributed by atoms with Gasteiger partial charge < -0.3 is 105 Å². The Labute approximate surface area is 541 Å². The van der Waals surface area contributed by atoms with Crippen LogP contribution in [-0.4, -0.2) is 136 Å². The second kappa shape index (κ2) is 36.9. The van der Waals surface area contributed by atoms with Crippen LogP contribution in [0.3, 0.4) is 0 Å². The lowest BCUT2D eigenvalue weighted by atomic mass is 9.99. The summed E-state index contributed by atoms with van der Waals surface area (Å²) in [7, 11) is 0. The van der Waals surface area contributed by atoms with Crippen molar-refractivity contribution in [3.8, 4) is 89.4 Å². The maximum absolute atomic E-state index is 7.84. The zero-order valence-electron chi connectivity index (χ0n) is 51.1. The van der Waals surface area contributed by atoms with Gasteiger partial charge in [-0.05, 0) is 74.9 Å². The van der Waals surface area contributed by atoms with E-state index in [-0.39, 0.29) is 126 Å². The van der Waals surface area contributed by atoms with E-state index in [0.29, 0.717) is 154 Å². The van der Waals surface area contributed by atoms with Gasteiger partial charge in [0.15, 0.2) is 69.8 Å². The van der Waals surface area contributed by atoms with E-state index in [1.54, 1.807) is 12.1 Å². The van der Waals surface area contributed by atoms with E-state index >= 15 is 0 Å². The van der Waals surface area contributed by atoms with Crippen molar-refractivity contribution in [1.82, 2.24) is 31.2 Å². The number of nitrogens with zero attached hydrogens (tertiary/aromatic N) is 2. The number of nitrogens with one attached hydrogen (secondary N) is 12. The molecule has 4 aromatic carbocycles. The van der Waals surface area contributed by atoms with Crippen molar-refractivity contribution in [2.24, 2.45) is 45.9 Å². The average Bonchev–Trinajstić information content (AvgIpc) is 1.02. The molecule has 0 radical (unpaired) electrons. The van der Waals surface area contributed by atoms with Crippen molar-refractivity contribution in [2.45, 2.75) is 64.2 Å². The van der Waals surface area contributed by atoms with E-state index in [2.05, 4.69) is 21.3 Å². The Morgan fingerprint density at radius 2 is 0.652 bits per heavy atom. The summed E-state index contributed by atoms with van der Waals surface area (Å²) in [5.74, 6) is 2.13. The minimum atomic E-state index is -0.228. The first kappa shape index (κ1) is 70.6. The number of hydrogen-bond acceptors (Lipinski definition) is 20. The summed E-state index contributed by atoms with van der Waals surface area (Å²) in [6.07, 6.45) is 3.98. The van der Waals surface area contributed by atoms with E-state index in [1.807, 2.05) is 59.3 Å². The van der Waals surface area contributed by atoms with Gasteiger partial charge in [-0.1, -0.05) is 24.3 Å². The van der Waals surface area contributed by atoms with Crippen molar-refractivity contribution in [3.63, 3.8) is 0 Å². The molecule has 0 unspecified atom stereocenters. The third kappa shape index (κ3) is 23.5. The molecule has 30 nitrogen and oxygen atoms in total. The van der Waals surface area contributed by atoms with Gasteiger partial charge in [0, 0.05) is 69.8 Å². The molecule has 0 spiro atoms. The first-order chi connectivity index (χ1) is 44.3. The van der Waals surface area contributed by atoms with Gasteiger partial charge in [0.1, 0.15) is 36.4 Å². The quantitative estimate of drug-likeness (QED) is 0.0138. The Bertz CT molecular complexity index is 3280. The van der Waals surface area contributed by atoms with Gasteiger partial charge in [-0.25, -0.2) is 9.97 Å². The van der Waals surface area contributed by atoms with Gasteiger partial charge in [-0.3, -0.25) is 43.3 Å². The fraction of sp³-hybridized carbons (Fsp3) is 0.367. The zero-order chi connectivity index (χ0) is 66.4. The Morgan fingerprint density at radius 1 is 0.359 bits per heavy atom. The largest absolute Gasteiger partial charge is 0.490 e. The monoisotopic (exact) mass is 1300 g/mol. The summed E-state index contributed by atoms with van der Waals surface area (Å²) >= 11 is 2.88. The Balaban J connectivity index is 1.40. The fourth-order valence-electron chi connectivity index (χ4n) is 8.84. The first-order valence-electron chi connectivity index (χ1n) is 29.4. The van der Waals surface area contributed by atoms with E-state index in [1.165, 1.54) is 22.7 Å². The predicted molar refractivity (Wildman–Crippen MR) is 362 cm³/mol. The second-order valence-corrected chi connectivity index (χ2v) is 22.1. The number of para-hydroxylation sites is 2. The molecule has 494 valence electrons. The van der Waals surface area contributed by atoms with Gasteiger partial charge in [0.2, 0.25) is 0 Å². The zero-order valence-corrected chi connectivity index (χ0v) is 52.7. The minimum Gasteiger partial charge on any atom is -0.490 e. The van der Waals surface area contributed by atoms with Crippen molar-refractivity contribution < 1.29 is 37.9 Å². The molecule has 0 aliphatic heterocycles. The lowest BCUT2D eigenvalue weighted by Gasteiger charge is -2.21. The Morgan fingerprint density at radius 3 is 0.978 bits per heavy atom. The maximum Gasteiger partial charge on any atom is 0.185 e. The van der Waals surface area contributed by atoms with Crippen LogP contribution < -0.4 is 105 Å². The van der Waals surface area contributed by atoms with Crippen LogP contribution in [0.25, 0.3) is 43.4 Å². The summed E-state index contributed by atoms with van der Waals surface area (Å²) in [6, 6.07) is 18.4. The number of rotatable bonds is 43. The number of aryl methyl sites for hydroxylation is 2. The van der Waals surface area contributed by atoms with Gasteiger partial charge >= 0.3 is 0 Å². The standard InChI is InChI=1S/C60H84N22O8S2/c61-47(62)11-3-21-83-45-31-35(29-41(53(45)89-27-19-79-59(73)74)39-7-1-9-43(85-25-17-77-57(69)70)51(39)87-23-5-13-49(65)66)55-81-37(33-91-55)15-16-38-34-92-56(82-38)36-30-42(54(90-28-20-80-60(75)76)46(32-36)84-22-4-12-48(63)64)40-8-2-10-44(86-26-18-78-58(71)72)52(40)88-24-6-14-50(67)68/h1-2,7-10,29-34H,3-6,11-28H2,(H3,61,62)(H3,63,64)(H3,65,66)(H3,67,68)(H4,69,70,77)(H4,71,72,78)(H4,73,74,79)(H4,75,76,80). The molecule has 0 aliphatic rings. The molecule has 32 heteroatoms. The Kier molecular flexibility index (Phi) is 28.3. The van der Waals surface area contributed by atoms with Crippen LogP contribution >= 0.6 is 22.7 Å². The van der Waals surface area contributed by atoms with Crippen molar-refractivity contribution in [3.05, 3.63) is 82.8 Å².